The molecule has 0 aliphatic carbocycles. The van der Waals surface area contributed by atoms with Crippen LogP contribution in [0.5, 0.6) is 0 Å². The van der Waals surface area contributed by atoms with E-state index >= 15 is 0 Å². The van der Waals surface area contributed by atoms with Crippen molar-refractivity contribution in [3.63, 3.8) is 0 Å². The minimum Gasteiger partial charge on any atom is -0.302 e. The van der Waals surface area contributed by atoms with Crippen LogP contribution in [-0.2, 0) is 6.54 Å². The van der Waals surface area contributed by atoms with E-state index in [1.54, 1.807) is 24.3 Å². The molecule has 0 aliphatic rings. The quantitative estimate of drug-likeness (QED) is 0.500. The molecular formula is C19H16N4OS. The predicted octanol–water partition coefficient (Wildman–Crippen LogP) is 3.81. The molecule has 3 rings (SSSR count). The highest BCUT2D eigenvalue weighted by molar-refractivity contribution is 7.99. The van der Waals surface area contributed by atoms with E-state index < -0.39 is 0 Å². The van der Waals surface area contributed by atoms with E-state index in [4.69, 9.17) is 5.26 Å². The van der Waals surface area contributed by atoms with Gasteiger partial charge in [-0.3, -0.25) is 4.79 Å². The fourth-order valence-electron chi connectivity index (χ4n) is 2.43. The second-order valence-corrected chi connectivity index (χ2v) is 6.26. The number of rotatable bonds is 6. The largest absolute Gasteiger partial charge is 0.302 e. The Labute approximate surface area is 150 Å². The summed E-state index contributed by atoms with van der Waals surface area (Å²) in [6, 6.07) is 18.6. The standard InChI is InChI=1S/C19H16N4OS/c1-2-23-18(16-6-4-3-5-7-16)21-22-19(23)25-13-17(24)15-10-8-14(12-20)9-11-15/h3-11H,2,13H2,1H3. The van der Waals surface area contributed by atoms with Crippen molar-refractivity contribution in [1.82, 2.24) is 14.8 Å². The highest BCUT2D eigenvalue weighted by Gasteiger charge is 2.15. The molecule has 0 bridgehead atoms. The fraction of sp³-hybridized carbons (Fsp3) is 0.158. The van der Waals surface area contributed by atoms with Gasteiger partial charge in [-0.25, -0.2) is 0 Å². The second kappa shape index (κ2) is 7.77. The highest BCUT2D eigenvalue weighted by Crippen LogP contribution is 2.24. The molecule has 5 nitrogen and oxygen atoms in total. The van der Waals surface area contributed by atoms with Crippen LogP contribution in [0.15, 0.2) is 59.8 Å². The van der Waals surface area contributed by atoms with Gasteiger partial charge in [-0.05, 0) is 19.1 Å². The number of benzene rings is 2. The molecular weight excluding hydrogens is 332 g/mol. The first-order chi connectivity index (χ1) is 12.2. The number of carbonyl (C=O) groups is 1. The van der Waals surface area contributed by atoms with Crippen LogP contribution in [0.3, 0.4) is 0 Å². The van der Waals surface area contributed by atoms with Crippen LogP contribution in [0.2, 0.25) is 0 Å². The Hall–Kier alpha value is -2.91. The number of hydrogen-bond donors (Lipinski definition) is 0. The lowest BCUT2D eigenvalue weighted by Gasteiger charge is -2.07. The molecule has 6 heteroatoms. The minimum atomic E-state index is 0.00130. The molecule has 0 saturated heterocycles. The van der Waals surface area contributed by atoms with Crippen molar-refractivity contribution in [2.24, 2.45) is 0 Å². The summed E-state index contributed by atoms with van der Waals surface area (Å²) in [5.74, 6) is 1.08. The van der Waals surface area contributed by atoms with Gasteiger partial charge in [0.1, 0.15) is 0 Å². The van der Waals surface area contributed by atoms with Gasteiger partial charge in [0.05, 0.1) is 17.4 Å². The van der Waals surface area contributed by atoms with E-state index in [2.05, 4.69) is 10.2 Å². The van der Waals surface area contributed by atoms with Gasteiger partial charge >= 0.3 is 0 Å². The lowest BCUT2D eigenvalue weighted by atomic mass is 10.1. The highest BCUT2D eigenvalue weighted by atomic mass is 32.2. The van der Waals surface area contributed by atoms with Crippen LogP contribution in [0.25, 0.3) is 11.4 Å². The van der Waals surface area contributed by atoms with Crippen molar-refractivity contribution in [3.8, 4) is 17.5 Å². The number of nitriles is 1. The molecule has 25 heavy (non-hydrogen) atoms. The average molecular weight is 348 g/mol. The number of carbonyl (C=O) groups excluding carboxylic acids is 1. The van der Waals surface area contributed by atoms with Crippen molar-refractivity contribution in [3.05, 3.63) is 65.7 Å². The molecule has 0 radical (unpaired) electrons. The Morgan fingerprint density at radius 2 is 1.84 bits per heavy atom. The van der Waals surface area contributed by atoms with Gasteiger partial charge in [0.25, 0.3) is 0 Å². The summed E-state index contributed by atoms with van der Waals surface area (Å²) in [7, 11) is 0. The molecule has 0 aliphatic heterocycles. The third kappa shape index (κ3) is 3.78. The van der Waals surface area contributed by atoms with E-state index in [0.29, 0.717) is 11.1 Å². The first-order valence-electron chi connectivity index (χ1n) is 7.87. The molecule has 0 atom stereocenters. The smallest absolute Gasteiger partial charge is 0.191 e. The Morgan fingerprint density at radius 3 is 2.48 bits per heavy atom. The Balaban J connectivity index is 1.74. The van der Waals surface area contributed by atoms with Crippen molar-refractivity contribution in [2.75, 3.05) is 5.75 Å². The van der Waals surface area contributed by atoms with Gasteiger partial charge in [0.2, 0.25) is 0 Å². The third-order valence-corrected chi connectivity index (χ3v) is 4.70. The zero-order valence-electron chi connectivity index (χ0n) is 13.7. The van der Waals surface area contributed by atoms with Crippen molar-refractivity contribution in [1.29, 1.82) is 5.26 Å². The Bertz CT molecular complexity index is 911. The second-order valence-electron chi connectivity index (χ2n) is 5.32. The van der Waals surface area contributed by atoms with E-state index in [1.165, 1.54) is 11.8 Å². The molecule has 124 valence electrons. The number of thioether (sulfide) groups is 1. The van der Waals surface area contributed by atoms with E-state index in [0.717, 1.165) is 23.1 Å². The van der Waals surface area contributed by atoms with Gasteiger partial charge in [0.15, 0.2) is 16.8 Å². The molecule has 0 N–H and O–H groups in total. The molecule has 0 amide bonds. The maximum Gasteiger partial charge on any atom is 0.191 e. The predicted molar refractivity (Wildman–Crippen MR) is 97.3 cm³/mol. The average Bonchev–Trinajstić information content (AvgIpc) is 3.09. The number of aromatic nitrogens is 3. The Morgan fingerprint density at radius 1 is 1.12 bits per heavy atom. The van der Waals surface area contributed by atoms with Gasteiger partial charge in [-0.1, -0.05) is 54.2 Å². The SMILES string of the molecule is CCn1c(SCC(=O)c2ccc(C#N)cc2)nnc1-c1ccccc1. The molecule has 0 fully saturated rings. The minimum absolute atomic E-state index is 0.00130. The zero-order valence-corrected chi connectivity index (χ0v) is 14.5. The molecule has 0 spiro atoms. The number of Topliss-reactive ketones (excluding diaryl/α,β-unsaturated/α-hetero) is 1. The molecule has 1 aromatic heterocycles. The van der Waals surface area contributed by atoms with E-state index in [1.807, 2.05) is 47.9 Å². The summed E-state index contributed by atoms with van der Waals surface area (Å²) in [6.45, 7) is 2.76. The Kier molecular flexibility index (Phi) is 5.26. The topological polar surface area (TPSA) is 71.6 Å². The van der Waals surface area contributed by atoms with Crippen LogP contribution < -0.4 is 0 Å². The van der Waals surface area contributed by atoms with Gasteiger partial charge in [0, 0.05) is 17.7 Å². The van der Waals surface area contributed by atoms with Crippen molar-refractivity contribution in [2.45, 2.75) is 18.6 Å². The van der Waals surface area contributed by atoms with Crippen LogP contribution >= 0.6 is 11.8 Å². The molecule has 0 saturated carbocycles. The van der Waals surface area contributed by atoms with Crippen LogP contribution in [-0.4, -0.2) is 26.3 Å². The number of nitrogens with zero attached hydrogens (tertiary/aromatic N) is 4. The lowest BCUT2D eigenvalue weighted by molar-refractivity contribution is 0.102. The summed E-state index contributed by atoms with van der Waals surface area (Å²) in [5.41, 5.74) is 2.14. The summed E-state index contributed by atoms with van der Waals surface area (Å²) in [6.07, 6.45) is 0. The molecule has 1 heterocycles. The fourth-order valence-corrected chi connectivity index (χ4v) is 3.32. The van der Waals surface area contributed by atoms with Crippen molar-refractivity contribution < 1.29 is 4.79 Å². The summed E-state index contributed by atoms with van der Waals surface area (Å²) >= 11 is 1.37. The van der Waals surface area contributed by atoms with Crippen LogP contribution in [0, 0.1) is 11.3 Å². The first kappa shape index (κ1) is 16.9. The van der Waals surface area contributed by atoms with E-state index in [-0.39, 0.29) is 11.5 Å². The molecule has 2 aromatic carbocycles. The zero-order chi connectivity index (χ0) is 17.6. The summed E-state index contributed by atoms with van der Waals surface area (Å²) in [4.78, 5) is 12.3. The molecule has 0 unspecified atom stereocenters. The van der Waals surface area contributed by atoms with Crippen LogP contribution in [0.4, 0.5) is 0 Å². The maximum absolute atomic E-state index is 12.3. The summed E-state index contributed by atoms with van der Waals surface area (Å²) in [5, 5.41) is 18.1. The van der Waals surface area contributed by atoms with Crippen LogP contribution in [0.1, 0.15) is 22.8 Å². The lowest BCUT2D eigenvalue weighted by Crippen LogP contribution is -2.05. The van der Waals surface area contributed by atoms with Crippen molar-refractivity contribution >= 4 is 17.5 Å². The van der Waals surface area contributed by atoms with Gasteiger partial charge < -0.3 is 4.57 Å². The number of hydrogen-bond acceptors (Lipinski definition) is 5. The third-order valence-electron chi connectivity index (χ3n) is 3.73. The van der Waals surface area contributed by atoms with Gasteiger partial charge in [-0.15, -0.1) is 10.2 Å². The number of ketones is 1. The molecule has 3 aromatic rings. The first-order valence-corrected chi connectivity index (χ1v) is 8.86. The maximum atomic E-state index is 12.3. The monoisotopic (exact) mass is 348 g/mol. The van der Waals surface area contributed by atoms with E-state index in [9.17, 15) is 4.79 Å². The van der Waals surface area contributed by atoms with Gasteiger partial charge in [-0.2, -0.15) is 5.26 Å². The summed E-state index contributed by atoms with van der Waals surface area (Å²) < 4.78 is 2.01. The normalized spacial score (nSPS) is 10.4.